The van der Waals surface area contributed by atoms with Crippen LogP contribution in [0.3, 0.4) is 0 Å². The van der Waals surface area contributed by atoms with Gasteiger partial charge in [0.15, 0.2) is 0 Å². The highest BCUT2D eigenvalue weighted by molar-refractivity contribution is 9.10. The van der Waals surface area contributed by atoms with Gasteiger partial charge in [-0.25, -0.2) is 13.1 Å². The molecule has 6 heteroatoms. The molecule has 2 atom stereocenters. The van der Waals surface area contributed by atoms with Gasteiger partial charge >= 0.3 is 0 Å². The van der Waals surface area contributed by atoms with Gasteiger partial charge in [-0.2, -0.15) is 0 Å². The van der Waals surface area contributed by atoms with Crippen LogP contribution < -0.4 is 10.5 Å². The molecule has 21 heavy (non-hydrogen) atoms. The summed E-state index contributed by atoms with van der Waals surface area (Å²) in [6.07, 6.45) is 1.86. The van der Waals surface area contributed by atoms with E-state index in [0.29, 0.717) is 16.9 Å². The molecule has 2 unspecified atom stereocenters. The highest BCUT2D eigenvalue weighted by Gasteiger charge is 2.22. The third kappa shape index (κ3) is 5.06. The fourth-order valence-electron chi connectivity index (χ4n) is 2.27. The number of hydrogen-bond acceptors (Lipinski definition) is 3. The highest BCUT2D eigenvalue weighted by Crippen LogP contribution is 2.27. The summed E-state index contributed by atoms with van der Waals surface area (Å²) in [7, 11) is -3.55. The molecule has 4 nitrogen and oxygen atoms in total. The average Bonchev–Trinajstić information content (AvgIpc) is 2.40. The van der Waals surface area contributed by atoms with Crippen molar-refractivity contribution in [2.75, 3.05) is 0 Å². The molecule has 0 aromatic heterocycles. The van der Waals surface area contributed by atoms with Gasteiger partial charge in [-0.1, -0.05) is 26.3 Å². The number of sulfonamides is 1. The minimum absolute atomic E-state index is 0.0984. The first kappa shape index (κ1) is 18.6. The SMILES string of the molecule is CCC(C)CC(C)NS(=O)(=O)c1cc(CN)cc(C)c1Br. The fraction of sp³-hybridized carbons (Fsp3) is 0.600. The molecule has 1 aromatic rings. The Balaban J connectivity index is 3.05. The standard InChI is InChI=1S/C15H25BrN2O2S/c1-5-10(2)6-12(4)18-21(19,20)14-8-13(9-17)7-11(3)15(14)16/h7-8,10,12,18H,5-6,9,17H2,1-4H3. The van der Waals surface area contributed by atoms with Crippen molar-refractivity contribution in [1.29, 1.82) is 0 Å². The zero-order chi connectivity index (χ0) is 16.2. The van der Waals surface area contributed by atoms with Crippen molar-refractivity contribution in [2.24, 2.45) is 11.7 Å². The number of hydrogen-bond donors (Lipinski definition) is 2. The van der Waals surface area contributed by atoms with Crippen LogP contribution in [0.5, 0.6) is 0 Å². The first-order valence-corrected chi connectivity index (χ1v) is 9.50. The monoisotopic (exact) mass is 376 g/mol. The van der Waals surface area contributed by atoms with E-state index in [0.717, 1.165) is 24.0 Å². The van der Waals surface area contributed by atoms with Crippen LogP contribution >= 0.6 is 15.9 Å². The lowest BCUT2D eigenvalue weighted by atomic mass is 10.0. The second-order valence-electron chi connectivity index (χ2n) is 5.70. The van der Waals surface area contributed by atoms with Crippen molar-refractivity contribution in [3.8, 4) is 0 Å². The van der Waals surface area contributed by atoms with Gasteiger partial charge in [0.2, 0.25) is 10.0 Å². The lowest BCUT2D eigenvalue weighted by molar-refractivity contribution is 0.445. The lowest BCUT2D eigenvalue weighted by Gasteiger charge is -2.19. The van der Waals surface area contributed by atoms with Gasteiger partial charge in [-0.15, -0.1) is 0 Å². The molecule has 0 spiro atoms. The summed E-state index contributed by atoms with van der Waals surface area (Å²) in [5, 5.41) is 0. The van der Waals surface area contributed by atoms with Gasteiger partial charge in [0, 0.05) is 17.1 Å². The molecule has 1 aromatic carbocycles. The van der Waals surface area contributed by atoms with E-state index in [9.17, 15) is 8.42 Å². The van der Waals surface area contributed by atoms with Gasteiger partial charge in [-0.3, -0.25) is 0 Å². The van der Waals surface area contributed by atoms with E-state index < -0.39 is 10.0 Å². The predicted molar refractivity (Wildman–Crippen MR) is 90.6 cm³/mol. The zero-order valence-corrected chi connectivity index (χ0v) is 15.5. The molecular weight excluding hydrogens is 352 g/mol. The summed E-state index contributed by atoms with van der Waals surface area (Å²) in [6, 6.07) is 3.43. The molecule has 0 amide bonds. The van der Waals surface area contributed by atoms with Crippen LogP contribution in [0.4, 0.5) is 0 Å². The minimum atomic E-state index is -3.55. The Morgan fingerprint density at radius 3 is 2.48 bits per heavy atom. The Labute approximate surface area is 136 Å². The van der Waals surface area contributed by atoms with Crippen molar-refractivity contribution >= 4 is 26.0 Å². The molecule has 0 saturated carbocycles. The predicted octanol–water partition coefficient (Wildman–Crippen LogP) is 3.32. The van der Waals surface area contributed by atoms with E-state index in [-0.39, 0.29) is 10.9 Å². The molecule has 0 radical (unpaired) electrons. The van der Waals surface area contributed by atoms with Crippen molar-refractivity contribution in [1.82, 2.24) is 4.72 Å². The maximum absolute atomic E-state index is 12.6. The van der Waals surface area contributed by atoms with E-state index in [1.165, 1.54) is 0 Å². The molecule has 0 heterocycles. The summed E-state index contributed by atoms with van der Waals surface area (Å²) >= 11 is 3.37. The Kier molecular flexibility index (Phi) is 6.84. The summed E-state index contributed by atoms with van der Waals surface area (Å²) in [6.45, 7) is 8.32. The van der Waals surface area contributed by atoms with Crippen molar-refractivity contribution in [2.45, 2.75) is 58.0 Å². The van der Waals surface area contributed by atoms with Crippen LogP contribution in [0.25, 0.3) is 0 Å². The van der Waals surface area contributed by atoms with E-state index in [2.05, 4.69) is 34.5 Å². The molecule has 0 saturated heterocycles. The largest absolute Gasteiger partial charge is 0.326 e. The van der Waals surface area contributed by atoms with E-state index >= 15 is 0 Å². The summed E-state index contributed by atoms with van der Waals surface area (Å²) in [4.78, 5) is 0.263. The lowest BCUT2D eigenvalue weighted by Crippen LogP contribution is -2.34. The van der Waals surface area contributed by atoms with Crippen LogP contribution in [-0.2, 0) is 16.6 Å². The van der Waals surface area contributed by atoms with Gasteiger partial charge in [0.25, 0.3) is 0 Å². The summed E-state index contributed by atoms with van der Waals surface area (Å²) < 4.78 is 28.5. The maximum Gasteiger partial charge on any atom is 0.241 e. The maximum atomic E-state index is 12.6. The molecule has 120 valence electrons. The normalized spacial score (nSPS) is 15.0. The van der Waals surface area contributed by atoms with Crippen molar-refractivity contribution in [3.63, 3.8) is 0 Å². The van der Waals surface area contributed by atoms with E-state index in [1.807, 2.05) is 19.9 Å². The fourth-order valence-corrected chi connectivity index (χ4v) is 4.59. The molecule has 0 aliphatic carbocycles. The molecule has 1 rings (SSSR count). The summed E-state index contributed by atoms with van der Waals surface area (Å²) in [5.41, 5.74) is 7.31. The quantitative estimate of drug-likeness (QED) is 0.766. The second-order valence-corrected chi connectivity index (χ2v) is 8.18. The molecule has 0 aliphatic rings. The van der Waals surface area contributed by atoms with Gasteiger partial charge in [0.1, 0.15) is 0 Å². The second kappa shape index (κ2) is 7.72. The van der Waals surface area contributed by atoms with Gasteiger partial charge < -0.3 is 5.73 Å². The number of nitrogens with two attached hydrogens (primary N) is 1. The molecule has 3 N–H and O–H groups in total. The van der Waals surface area contributed by atoms with E-state index in [1.54, 1.807) is 6.07 Å². The van der Waals surface area contributed by atoms with Crippen LogP contribution in [0, 0.1) is 12.8 Å². The van der Waals surface area contributed by atoms with Crippen molar-refractivity contribution < 1.29 is 8.42 Å². The number of nitrogens with one attached hydrogen (secondary N) is 1. The molecule has 0 aliphatic heterocycles. The summed E-state index contributed by atoms with van der Waals surface area (Å²) in [5.74, 6) is 0.489. The van der Waals surface area contributed by atoms with Crippen LogP contribution in [0.1, 0.15) is 44.7 Å². The van der Waals surface area contributed by atoms with Crippen molar-refractivity contribution in [3.05, 3.63) is 27.7 Å². The molecule has 0 bridgehead atoms. The number of halogens is 1. The molecule has 0 fully saturated rings. The highest BCUT2D eigenvalue weighted by atomic mass is 79.9. The zero-order valence-electron chi connectivity index (χ0n) is 13.1. The minimum Gasteiger partial charge on any atom is -0.326 e. The van der Waals surface area contributed by atoms with Crippen LogP contribution in [-0.4, -0.2) is 14.5 Å². The first-order chi connectivity index (χ1) is 9.71. The Morgan fingerprint density at radius 1 is 1.33 bits per heavy atom. The number of aryl methyl sites for hydroxylation is 1. The Bertz CT molecular complexity index is 588. The Hall–Kier alpha value is -0.430. The number of benzene rings is 1. The topological polar surface area (TPSA) is 72.2 Å². The molecular formula is C15H25BrN2O2S. The Morgan fingerprint density at radius 2 is 1.95 bits per heavy atom. The van der Waals surface area contributed by atoms with E-state index in [4.69, 9.17) is 5.73 Å². The first-order valence-electron chi connectivity index (χ1n) is 7.22. The smallest absolute Gasteiger partial charge is 0.241 e. The van der Waals surface area contributed by atoms with Crippen LogP contribution in [0.15, 0.2) is 21.5 Å². The third-order valence-electron chi connectivity index (χ3n) is 3.62. The van der Waals surface area contributed by atoms with Crippen LogP contribution in [0.2, 0.25) is 0 Å². The average molecular weight is 377 g/mol. The number of rotatable bonds is 7. The van der Waals surface area contributed by atoms with Gasteiger partial charge in [0.05, 0.1) is 4.90 Å². The van der Waals surface area contributed by atoms with Gasteiger partial charge in [-0.05, 0) is 59.3 Å². The third-order valence-corrected chi connectivity index (χ3v) is 6.54.